The summed E-state index contributed by atoms with van der Waals surface area (Å²) in [5, 5.41) is 11.1. The summed E-state index contributed by atoms with van der Waals surface area (Å²) < 4.78 is 10.3. The van der Waals surface area contributed by atoms with E-state index in [4.69, 9.17) is 9.47 Å². The van der Waals surface area contributed by atoms with Gasteiger partial charge in [-0.1, -0.05) is 12.1 Å². The van der Waals surface area contributed by atoms with E-state index in [9.17, 15) is 14.9 Å². The Labute approximate surface area is 126 Å². The fraction of sp³-hybridized carbons (Fsp3) is 0.133. The summed E-state index contributed by atoms with van der Waals surface area (Å²) >= 11 is 0. The second-order valence-electron chi connectivity index (χ2n) is 4.26. The molecule has 22 heavy (non-hydrogen) atoms. The van der Waals surface area contributed by atoms with Crippen molar-refractivity contribution in [3.63, 3.8) is 0 Å². The van der Waals surface area contributed by atoms with Gasteiger partial charge in [-0.15, -0.1) is 0 Å². The lowest BCUT2D eigenvalue weighted by molar-refractivity contribution is -0.384. The zero-order valence-corrected chi connectivity index (χ0v) is 12.1. The smallest absolute Gasteiger partial charge is 0.293 e. The van der Waals surface area contributed by atoms with E-state index in [2.05, 4.69) is 0 Å². The van der Waals surface area contributed by atoms with Gasteiger partial charge < -0.3 is 9.47 Å². The van der Waals surface area contributed by atoms with Crippen LogP contribution >= 0.6 is 0 Å². The molecular formula is C15H14N2O5. The number of rotatable bonds is 6. The molecule has 0 atom stereocenters. The third-order valence-corrected chi connectivity index (χ3v) is 3.09. The van der Waals surface area contributed by atoms with Crippen LogP contribution in [0, 0.1) is 10.1 Å². The molecule has 0 aliphatic rings. The number of anilines is 2. The van der Waals surface area contributed by atoms with Gasteiger partial charge in [-0.05, 0) is 18.2 Å². The molecule has 0 bridgehead atoms. The Bertz CT molecular complexity index is 702. The number of nitro groups is 1. The monoisotopic (exact) mass is 302 g/mol. The Balaban J connectivity index is 2.54. The van der Waals surface area contributed by atoms with E-state index in [1.807, 2.05) is 0 Å². The van der Waals surface area contributed by atoms with Crippen LogP contribution in [0.2, 0.25) is 0 Å². The molecule has 2 aromatic rings. The molecule has 1 amide bonds. The molecule has 7 heteroatoms. The SMILES string of the molecule is COc1ccc(N(C=O)c2ccccc2[N+](=O)[O-])cc1OC. The van der Waals surface area contributed by atoms with E-state index in [1.54, 1.807) is 30.3 Å². The van der Waals surface area contributed by atoms with Gasteiger partial charge in [0.25, 0.3) is 5.69 Å². The van der Waals surface area contributed by atoms with Crippen molar-refractivity contribution in [2.75, 3.05) is 19.1 Å². The maximum absolute atomic E-state index is 11.5. The zero-order chi connectivity index (χ0) is 16.1. The highest BCUT2D eigenvalue weighted by atomic mass is 16.6. The Kier molecular flexibility index (Phi) is 4.57. The van der Waals surface area contributed by atoms with Crippen molar-refractivity contribution in [1.29, 1.82) is 0 Å². The highest BCUT2D eigenvalue weighted by molar-refractivity contribution is 5.90. The van der Waals surface area contributed by atoms with Crippen molar-refractivity contribution in [2.45, 2.75) is 0 Å². The first-order chi connectivity index (χ1) is 10.6. The molecule has 0 aliphatic heterocycles. The van der Waals surface area contributed by atoms with Crippen molar-refractivity contribution in [3.05, 3.63) is 52.6 Å². The van der Waals surface area contributed by atoms with E-state index < -0.39 is 4.92 Å². The predicted octanol–water partition coefficient (Wildman–Crippen LogP) is 2.91. The minimum absolute atomic E-state index is 0.163. The van der Waals surface area contributed by atoms with Gasteiger partial charge in [0.2, 0.25) is 6.41 Å². The number of nitrogens with zero attached hydrogens (tertiary/aromatic N) is 2. The third-order valence-electron chi connectivity index (χ3n) is 3.09. The molecule has 0 N–H and O–H groups in total. The average Bonchev–Trinajstić information content (AvgIpc) is 2.55. The number of hydrogen-bond acceptors (Lipinski definition) is 5. The number of benzene rings is 2. The molecule has 114 valence electrons. The van der Waals surface area contributed by atoms with Crippen molar-refractivity contribution in [1.82, 2.24) is 0 Å². The molecule has 2 rings (SSSR count). The normalized spacial score (nSPS) is 9.91. The highest BCUT2D eigenvalue weighted by Gasteiger charge is 2.20. The molecule has 0 heterocycles. The third kappa shape index (κ3) is 2.83. The van der Waals surface area contributed by atoms with E-state index in [0.29, 0.717) is 23.6 Å². The summed E-state index contributed by atoms with van der Waals surface area (Å²) in [6.45, 7) is 0. The fourth-order valence-electron chi connectivity index (χ4n) is 2.05. The largest absolute Gasteiger partial charge is 0.493 e. The fourth-order valence-corrected chi connectivity index (χ4v) is 2.05. The summed E-state index contributed by atoms with van der Waals surface area (Å²) in [4.78, 5) is 23.2. The lowest BCUT2D eigenvalue weighted by atomic mass is 10.2. The minimum Gasteiger partial charge on any atom is -0.493 e. The minimum atomic E-state index is -0.535. The lowest BCUT2D eigenvalue weighted by Crippen LogP contribution is -2.15. The Morgan fingerprint density at radius 1 is 1.09 bits per heavy atom. The summed E-state index contributed by atoms with van der Waals surface area (Å²) in [5.41, 5.74) is 0.445. The second-order valence-corrected chi connectivity index (χ2v) is 4.26. The summed E-state index contributed by atoms with van der Waals surface area (Å²) in [7, 11) is 2.97. The first-order valence-electron chi connectivity index (χ1n) is 6.32. The Morgan fingerprint density at radius 3 is 2.36 bits per heavy atom. The zero-order valence-electron chi connectivity index (χ0n) is 12.1. The molecule has 0 radical (unpaired) electrons. The number of hydrogen-bond donors (Lipinski definition) is 0. The van der Waals surface area contributed by atoms with Crippen molar-refractivity contribution in [2.24, 2.45) is 0 Å². The van der Waals surface area contributed by atoms with Gasteiger partial charge >= 0.3 is 0 Å². The van der Waals surface area contributed by atoms with Crippen molar-refractivity contribution in [3.8, 4) is 11.5 Å². The summed E-state index contributed by atoms with van der Waals surface area (Å²) in [6, 6.07) is 10.8. The maximum atomic E-state index is 11.5. The Hall–Kier alpha value is -3.09. The predicted molar refractivity (Wildman–Crippen MR) is 80.8 cm³/mol. The van der Waals surface area contributed by atoms with Crippen LogP contribution in [-0.4, -0.2) is 25.6 Å². The quantitative estimate of drug-likeness (QED) is 0.465. The molecule has 0 aromatic heterocycles. The van der Waals surface area contributed by atoms with Crippen LogP contribution in [0.4, 0.5) is 17.1 Å². The number of ether oxygens (including phenoxy) is 2. The second kappa shape index (κ2) is 6.57. The number of para-hydroxylation sites is 2. The van der Waals surface area contributed by atoms with Gasteiger partial charge in [0.05, 0.1) is 24.8 Å². The van der Waals surface area contributed by atoms with Crippen LogP contribution in [0.5, 0.6) is 11.5 Å². The van der Waals surface area contributed by atoms with E-state index in [0.717, 1.165) is 0 Å². The van der Waals surface area contributed by atoms with Gasteiger partial charge in [0, 0.05) is 12.1 Å². The van der Waals surface area contributed by atoms with Crippen molar-refractivity contribution < 1.29 is 19.2 Å². The number of methoxy groups -OCH3 is 2. The molecule has 0 saturated carbocycles. The van der Waals surface area contributed by atoms with Gasteiger partial charge in [-0.3, -0.25) is 19.8 Å². The summed E-state index contributed by atoms with van der Waals surface area (Å²) in [5.74, 6) is 0.921. The van der Waals surface area contributed by atoms with Crippen LogP contribution in [0.3, 0.4) is 0 Å². The van der Waals surface area contributed by atoms with Gasteiger partial charge in [0.15, 0.2) is 11.5 Å². The molecule has 0 fully saturated rings. The topological polar surface area (TPSA) is 81.9 Å². The lowest BCUT2D eigenvalue weighted by Gasteiger charge is -2.19. The van der Waals surface area contributed by atoms with E-state index in [-0.39, 0.29) is 11.4 Å². The molecule has 0 aliphatic carbocycles. The molecular weight excluding hydrogens is 288 g/mol. The molecule has 2 aromatic carbocycles. The standard InChI is InChI=1S/C15H14N2O5/c1-21-14-8-7-11(9-15(14)22-2)16(10-18)12-5-3-4-6-13(12)17(19)20/h3-10H,1-2H3. The van der Waals surface area contributed by atoms with E-state index >= 15 is 0 Å². The van der Waals surface area contributed by atoms with Gasteiger partial charge in [-0.25, -0.2) is 0 Å². The molecule has 0 unspecified atom stereocenters. The van der Waals surface area contributed by atoms with Crippen LogP contribution in [0.25, 0.3) is 0 Å². The first kappa shape index (κ1) is 15.3. The average molecular weight is 302 g/mol. The number of amides is 1. The summed E-state index contributed by atoms with van der Waals surface area (Å²) in [6.07, 6.45) is 0.517. The maximum Gasteiger partial charge on any atom is 0.293 e. The molecule has 0 spiro atoms. The van der Waals surface area contributed by atoms with Crippen LogP contribution in [0.15, 0.2) is 42.5 Å². The number of nitro benzene ring substituents is 1. The van der Waals surface area contributed by atoms with Gasteiger partial charge in [-0.2, -0.15) is 0 Å². The molecule has 0 saturated heterocycles. The van der Waals surface area contributed by atoms with Crippen LogP contribution < -0.4 is 14.4 Å². The van der Waals surface area contributed by atoms with E-state index in [1.165, 1.54) is 31.3 Å². The van der Waals surface area contributed by atoms with Crippen LogP contribution in [0.1, 0.15) is 0 Å². The van der Waals surface area contributed by atoms with Crippen LogP contribution in [-0.2, 0) is 4.79 Å². The molecule has 7 nitrogen and oxygen atoms in total. The highest BCUT2D eigenvalue weighted by Crippen LogP contribution is 2.36. The Morgan fingerprint density at radius 2 is 1.77 bits per heavy atom. The number of carbonyl (C=O) groups is 1. The van der Waals surface area contributed by atoms with Gasteiger partial charge in [0.1, 0.15) is 5.69 Å². The number of carbonyl (C=O) groups excluding carboxylic acids is 1. The first-order valence-corrected chi connectivity index (χ1v) is 6.32. The van der Waals surface area contributed by atoms with Crippen molar-refractivity contribution >= 4 is 23.5 Å².